The number of imidazole rings is 1. The van der Waals surface area contributed by atoms with Gasteiger partial charge in [0.1, 0.15) is 24.0 Å². The zero-order chi connectivity index (χ0) is 7.84. The highest BCUT2D eigenvalue weighted by molar-refractivity contribution is 6.01. The van der Waals surface area contributed by atoms with Crippen molar-refractivity contribution < 1.29 is 0 Å². The predicted octanol–water partition coefficient (Wildman–Crippen LogP) is -0.492. The van der Waals surface area contributed by atoms with E-state index >= 15 is 0 Å². The normalized spacial score (nSPS) is 15.2. The molecular formula is C6H9N5. The minimum atomic E-state index is 0.513. The number of hydrogen-bond acceptors (Lipinski definition) is 4. The van der Waals surface area contributed by atoms with E-state index in [1.807, 2.05) is 11.6 Å². The van der Waals surface area contributed by atoms with Gasteiger partial charge >= 0.3 is 0 Å². The second kappa shape index (κ2) is 1.98. The Morgan fingerprint density at radius 3 is 3.27 bits per heavy atom. The highest BCUT2D eigenvalue weighted by atomic mass is 15.2. The first-order valence-corrected chi connectivity index (χ1v) is 3.34. The van der Waals surface area contributed by atoms with E-state index in [0.29, 0.717) is 12.5 Å². The molecule has 3 N–H and O–H groups in total. The number of nitrogens with zero attached hydrogens (tertiary/aromatic N) is 3. The Hall–Kier alpha value is -1.52. The molecule has 11 heavy (non-hydrogen) atoms. The van der Waals surface area contributed by atoms with E-state index in [0.717, 1.165) is 11.5 Å². The fourth-order valence-corrected chi connectivity index (χ4v) is 1.10. The monoisotopic (exact) mass is 151 g/mol. The summed E-state index contributed by atoms with van der Waals surface area (Å²) in [6.45, 7) is 0.540. The summed E-state index contributed by atoms with van der Waals surface area (Å²) in [5, 5.41) is 3.07. The molecule has 5 nitrogen and oxygen atoms in total. The van der Waals surface area contributed by atoms with E-state index in [1.54, 1.807) is 6.33 Å². The summed E-state index contributed by atoms with van der Waals surface area (Å²) in [4.78, 5) is 8.07. The van der Waals surface area contributed by atoms with Crippen molar-refractivity contribution in [3.8, 4) is 0 Å². The third kappa shape index (κ3) is 0.772. The van der Waals surface area contributed by atoms with Crippen molar-refractivity contribution in [3.05, 3.63) is 12.0 Å². The maximum atomic E-state index is 5.59. The highest BCUT2D eigenvalue weighted by Crippen LogP contribution is 2.14. The lowest BCUT2D eigenvalue weighted by molar-refractivity contribution is 0.902. The zero-order valence-corrected chi connectivity index (χ0v) is 6.20. The van der Waals surface area contributed by atoms with Crippen molar-refractivity contribution in [2.24, 2.45) is 17.8 Å². The molecule has 0 radical (unpaired) electrons. The van der Waals surface area contributed by atoms with Gasteiger partial charge in [-0.15, -0.1) is 0 Å². The summed E-state index contributed by atoms with van der Waals surface area (Å²) in [5.41, 5.74) is 6.34. The molecule has 1 aromatic rings. The molecule has 5 heteroatoms. The Kier molecular flexibility index (Phi) is 1.12. The van der Waals surface area contributed by atoms with Crippen molar-refractivity contribution in [2.75, 3.05) is 12.0 Å². The molecule has 0 amide bonds. The molecule has 0 unspecified atom stereocenters. The molecule has 0 atom stereocenters. The lowest BCUT2D eigenvalue weighted by Crippen LogP contribution is -2.23. The van der Waals surface area contributed by atoms with Crippen LogP contribution in [-0.2, 0) is 7.05 Å². The largest absolute Gasteiger partial charge is 0.382 e. The van der Waals surface area contributed by atoms with Crippen LogP contribution in [0.5, 0.6) is 0 Å². The minimum Gasteiger partial charge on any atom is -0.382 e. The Bertz CT molecular complexity index is 311. The zero-order valence-electron chi connectivity index (χ0n) is 6.20. The van der Waals surface area contributed by atoms with Gasteiger partial charge in [0, 0.05) is 7.05 Å². The summed E-state index contributed by atoms with van der Waals surface area (Å²) in [6, 6.07) is 0. The molecule has 58 valence electrons. The Balaban J connectivity index is 2.58. The van der Waals surface area contributed by atoms with Gasteiger partial charge in [0.25, 0.3) is 0 Å². The number of amidine groups is 1. The first kappa shape index (κ1) is 6.21. The number of hydrogen-bond donors (Lipinski definition) is 2. The number of anilines is 1. The molecule has 0 aliphatic carbocycles. The van der Waals surface area contributed by atoms with Gasteiger partial charge in [0.2, 0.25) is 0 Å². The van der Waals surface area contributed by atoms with Gasteiger partial charge in [0.05, 0.1) is 6.33 Å². The summed E-state index contributed by atoms with van der Waals surface area (Å²) in [7, 11) is 1.91. The average Bonchev–Trinajstić information content (AvgIpc) is 2.35. The molecule has 1 aromatic heterocycles. The third-order valence-corrected chi connectivity index (χ3v) is 1.68. The van der Waals surface area contributed by atoms with Crippen LogP contribution in [0.2, 0.25) is 0 Å². The molecule has 0 aromatic carbocycles. The maximum Gasteiger partial charge on any atom is 0.150 e. The van der Waals surface area contributed by atoms with Crippen molar-refractivity contribution in [1.29, 1.82) is 0 Å². The Morgan fingerprint density at radius 2 is 2.55 bits per heavy atom. The molecule has 1 aliphatic heterocycles. The van der Waals surface area contributed by atoms with Gasteiger partial charge in [-0.3, -0.25) is 0 Å². The summed E-state index contributed by atoms with van der Waals surface area (Å²) >= 11 is 0. The van der Waals surface area contributed by atoms with Crippen LogP contribution in [0.25, 0.3) is 0 Å². The molecule has 0 saturated carbocycles. The van der Waals surface area contributed by atoms with E-state index < -0.39 is 0 Å². The molecule has 2 rings (SSSR count). The summed E-state index contributed by atoms with van der Waals surface area (Å²) in [6.07, 6.45) is 1.71. The smallest absolute Gasteiger partial charge is 0.150 e. The number of rotatable bonds is 0. The number of nitrogens with one attached hydrogen (secondary N) is 1. The van der Waals surface area contributed by atoms with Crippen molar-refractivity contribution in [2.45, 2.75) is 0 Å². The Morgan fingerprint density at radius 1 is 1.73 bits per heavy atom. The van der Waals surface area contributed by atoms with Crippen LogP contribution in [0.3, 0.4) is 0 Å². The summed E-state index contributed by atoms with van der Waals surface area (Å²) < 4.78 is 1.89. The fraction of sp³-hybridized carbons (Fsp3) is 0.333. The van der Waals surface area contributed by atoms with Gasteiger partial charge < -0.3 is 15.6 Å². The lowest BCUT2D eigenvalue weighted by Gasteiger charge is -2.11. The highest BCUT2D eigenvalue weighted by Gasteiger charge is 2.14. The molecule has 0 bridgehead atoms. The van der Waals surface area contributed by atoms with Gasteiger partial charge in [-0.2, -0.15) is 0 Å². The molecule has 0 saturated heterocycles. The quantitative estimate of drug-likeness (QED) is 0.525. The van der Waals surface area contributed by atoms with Crippen LogP contribution >= 0.6 is 0 Å². The van der Waals surface area contributed by atoms with E-state index in [9.17, 15) is 0 Å². The number of aliphatic imine (C=N–C) groups is 1. The molecule has 0 fully saturated rings. The van der Waals surface area contributed by atoms with Crippen molar-refractivity contribution in [3.63, 3.8) is 0 Å². The lowest BCUT2D eigenvalue weighted by atomic mass is 10.3. The number of nitrogens with two attached hydrogens (primary N) is 1. The summed E-state index contributed by atoms with van der Waals surface area (Å²) in [5.74, 6) is 1.46. The van der Waals surface area contributed by atoms with Crippen LogP contribution in [0.15, 0.2) is 11.3 Å². The average molecular weight is 151 g/mol. The second-order valence-corrected chi connectivity index (χ2v) is 2.43. The molecule has 0 spiro atoms. The van der Waals surface area contributed by atoms with E-state index in [1.165, 1.54) is 0 Å². The van der Waals surface area contributed by atoms with Gasteiger partial charge in [-0.05, 0) is 0 Å². The number of aromatic nitrogens is 2. The first-order valence-electron chi connectivity index (χ1n) is 3.34. The number of aryl methyl sites for hydroxylation is 1. The first-order chi connectivity index (χ1) is 5.29. The minimum absolute atomic E-state index is 0.513. The molecule has 1 aliphatic rings. The topological polar surface area (TPSA) is 68.2 Å². The van der Waals surface area contributed by atoms with E-state index in [2.05, 4.69) is 15.3 Å². The number of fused-ring (bicyclic) bond motifs is 1. The molecular weight excluding hydrogens is 142 g/mol. The van der Waals surface area contributed by atoms with Crippen LogP contribution in [-0.4, -0.2) is 22.1 Å². The molecule has 2 heterocycles. The predicted molar refractivity (Wildman–Crippen MR) is 42.4 cm³/mol. The van der Waals surface area contributed by atoms with Crippen LogP contribution in [0.1, 0.15) is 5.69 Å². The van der Waals surface area contributed by atoms with Gasteiger partial charge in [0.15, 0.2) is 0 Å². The van der Waals surface area contributed by atoms with Crippen LogP contribution < -0.4 is 11.1 Å². The Labute approximate surface area is 63.9 Å². The fourth-order valence-electron chi connectivity index (χ4n) is 1.10. The van der Waals surface area contributed by atoms with Crippen LogP contribution in [0, 0.1) is 0 Å². The van der Waals surface area contributed by atoms with E-state index in [4.69, 9.17) is 5.73 Å². The third-order valence-electron chi connectivity index (χ3n) is 1.68. The maximum absolute atomic E-state index is 5.59. The van der Waals surface area contributed by atoms with Gasteiger partial charge in [-0.25, -0.2) is 9.98 Å². The standard InChI is InChI=1S/C6H9N5/c1-11-3-10-4-5(7)8-2-9-6(4)11/h3,9H,2H2,1H3,(H2,7,8). The van der Waals surface area contributed by atoms with E-state index in [-0.39, 0.29) is 0 Å². The SMILES string of the molecule is Cn1cnc2c1NCN=C2N. The second-order valence-electron chi connectivity index (χ2n) is 2.43. The van der Waals surface area contributed by atoms with Crippen molar-refractivity contribution >= 4 is 11.7 Å². The van der Waals surface area contributed by atoms with Crippen LogP contribution in [0.4, 0.5) is 5.82 Å². The van der Waals surface area contributed by atoms with Gasteiger partial charge in [-0.1, -0.05) is 0 Å². The van der Waals surface area contributed by atoms with Crippen molar-refractivity contribution in [1.82, 2.24) is 9.55 Å².